The van der Waals surface area contributed by atoms with Crippen LogP contribution in [-0.2, 0) is 13.9 Å². The van der Waals surface area contributed by atoms with Gasteiger partial charge in [0.1, 0.15) is 5.92 Å². The predicted molar refractivity (Wildman–Crippen MR) is 36.3 cm³/mol. The molecule has 0 saturated heterocycles. The molecule has 0 saturated carbocycles. The third-order valence-corrected chi connectivity index (χ3v) is 2.30. The maximum Gasteiger partial charge on any atom is 0.508 e. The van der Waals surface area contributed by atoms with Gasteiger partial charge in [-0.15, -0.1) is 4.52 Å². The number of carboxylic acids is 1. The van der Waals surface area contributed by atoms with Crippen molar-refractivity contribution in [2.75, 3.05) is 13.3 Å². The Bertz CT molecular complexity index is 145. The molecule has 0 heterocycles. The fraction of sp³-hybridized carbons (Fsp3) is 0.800. The van der Waals surface area contributed by atoms with Crippen LogP contribution in [0.2, 0.25) is 0 Å². The molecule has 0 rings (SSSR count). The third kappa shape index (κ3) is 3.54. The first kappa shape index (κ1) is 9.53. The van der Waals surface area contributed by atoms with Crippen molar-refractivity contribution in [2.24, 2.45) is 5.92 Å². The van der Waals surface area contributed by atoms with E-state index in [0.717, 1.165) is 0 Å². The van der Waals surface area contributed by atoms with Gasteiger partial charge in [-0.1, -0.05) is 0 Å². The molecule has 0 aromatic heterocycles. The summed E-state index contributed by atoms with van der Waals surface area (Å²) in [5, 5.41) is 8.34. The highest BCUT2D eigenvalue weighted by molar-refractivity contribution is 7.39. The normalized spacial score (nSPS) is 14.4. The van der Waals surface area contributed by atoms with E-state index in [1.165, 1.54) is 14.0 Å². The highest BCUT2D eigenvalue weighted by atomic mass is 31.1. The molecule has 0 aromatic carbocycles. The lowest BCUT2D eigenvalue weighted by Crippen LogP contribution is -2.11. The summed E-state index contributed by atoms with van der Waals surface area (Å²) in [5.74, 6) is -1.54. The minimum absolute atomic E-state index is 0.0845. The van der Waals surface area contributed by atoms with Gasteiger partial charge in [-0.25, -0.2) is 0 Å². The molecule has 0 aliphatic rings. The van der Waals surface area contributed by atoms with Gasteiger partial charge in [0, 0.05) is 0 Å². The Morgan fingerprint density at radius 1 is 1.80 bits per heavy atom. The Morgan fingerprint density at radius 2 is 2.30 bits per heavy atom. The SMILES string of the molecule is CO[P+](=O)CC(C)C(=O)O. The van der Waals surface area contributed by atoms with Gasteiger partial charge in [0.2, 0.25) is 0 Å². The summed E-state index contributed by atoms with van der Waals surface area (Å²) in [6.45, 7) is 1.49. The van der Waals surface area contributed by atoms with E-state index < -0.39 is 19.9 Å². The maximum absolute atomic E-state index is 10.6. The molecule has 0 amide bonds. The van der Waals surface area contributed by atoms with Gasteiger partial charge in [0.05, 0.1) is 7.11 Å². The Labute approximate surface area is 60.1 Å². The average Bonchev–Trinajstić information content (AvgIpc) is 1.87. The molecule has 1 N–H and O–H groups in total. The lowest BCUT2D eigenvalue weighted by Gasteiger charge is -1.93. The van der Waals surface area contributed by atoms with Crippen LogP contribution in [0.3, 0.4) is 0 Å². The second-order valence-electron chi connectivity index (χ2n) is 1.94. The number of rotatable bonds is 4. The van der Waals surface area contributed by atoms with Crippen LogP contribution >= 0.6 is 8.03 Å². The van der Waals surface area contributed by atoms with Crippen molar-refractivity contribution in [1.82, 2.24) is 0 Å². The Balaban J connectivity index is 3.68. The summed E-state index contributed by atoms with van der Waals surface area (Å²) < 4.78 is 15.0. The molecule has 0 aliphatic carbocycles. The highest BCUT2D eigenvalue weighted by Gasteiger charge is 2.24. The monoisotopic (exact) mass is 165 g/mol. The summed E-state index contributed by atoms with van der Waals surface area (Å²) in [4.78, 5) is 10.2. The summed E-state index contributed by atoms with van der Waals surface area (Å²) in [6.07, 6.45) is 0.0845. The largest absolute Gasteiger partial charge is 0.508 e. The molecule has 0 bridgehead atoms. The van der Waals surface area contributed by atoms with Crippen molar-refractivity contribution in [3.05, 3.63) is 0 Å². The quantitative estimate of drug-likeness (QED) is 0.633. The number of hydrogen-bond donors (Lipinski definition) is 1. The van der Waals surface area contributed by atoms with E-state index in [4.69, 9.17) is 5.11 Å². The second-order valence-corrected chi connectivity index (χ2v) is 3.33. The van der Waals surface area contributed by atoms with Gasteiger partial charge >= 0.3 is 14.0 Å². The van der Waals surface area contributed by atoms with Gasteiger partial charge in [-0.05, 0) is 11.5 Å². The standard InChI is InChI=1S/C5H9O4P/c1-4(5(6)7)3-10(8)9-2/h4H,3H2,1-2H3/p+1. The first-order valence-electron chi connectivity index (χ1n) is 2.79. The van der Waals surface area contributed by atoms with Crippen molar-refractivity contribution in [2.45, 2.75) is 6.92 Å². The Morgan fingerprint density at radius 3 is 2.60 bits per heavy atom. The molecule has 0 spiro atoms. The van der Waals surface area contributed by atoms with Crippen molar-refractivity contribution < 1.29 is 19.0 Å². The molecular formula is C5H10O4P+. The third-order valence-electron chi connectivity index (χ3n) is 1.05. The van der Waals surface area contributed by atoms with Crippen molar-refractivity contribution in [3.8, 4) is 0 Å². The zero-order valence-corrected chi connectivity index (χ0v) is 6.80. The van der Waals surface area contributed by atoms with Crippen LogP contribution < -0.4 is 0 Å². The molecule has 0 fully saturated rings. The molecule has 4 nitrogen and oxygen atoms in total. The molecular weight excluding hydrogens is 155 g/mol. The molecule has 5 heteroatoms. The van der Waals surface area contributed by atoms with Crippen LogP contribution in [0.4, 0.5) is 0 Å². The van der Waals surface area contributed by atoms with E-state index in [1.807, 2.05) is 0 Å². The zero-order valence-electron chi connectivity index (χ0n) is 5.90. The van der Waals surface area contributed by atoms with Crippen LogP contribution in [0.1, 0.15) is 6.92 Å². The van der Waals surface area contributed by atoms with Gasteiger partial charge in [0.15, 0.2) is 6.16 Å². The molecule has 10 heavy (non-hydrogen) atoms. The number of carboxylic acid groups (broad SMARTS) is 1. The van der Waals surface area contributed by atoms with Gasteiger partial charge < -0.3 is 5.11 Å². The van der Waals surface area contributed by atoms with E-state index in [0.29, 0.717) is 0 Å². The molecule has 0 radical (unpaired) electrons. The lowest BCUT2D eigenvalue weighted by atomic mass is 10.2. The van der Waals surface area contributed by atoms with E-state index in [1.54, 1.807) is 0 Å². The van der Waals surface area contributed by atoms with Gasteiger partial charge in [-0.3, -0.25) is 4.79 Å². The predicted octanol–water partition coefficient (Wildman–Crippen LogP) is 1.10. The van der Waals surface area contributed by atoms with Crippen LogP contribution in [0.5, 0.6) is 0 Å². The van der Waals surface area contributed by atoms with Crippen molar-refractivity contribution in [1.29, 1.82) is 0 Å². The smallest absolute Gasteiger partial charge is 0.481 e. The van der Waals surface area contributed by atoms with E-state index in [-0.39, 0.29) is 6.16 Å². The van der Waals surface area contributed by atoms with Crippen LogP contribution in [0, 0.1) is 5.92 Å². The van der Waals surface area contributed by atoms with E-state index in [2.05, 4.69) is 4.52 Å². The van der Waals surface area contributed by atoms with E-state index >= 15 is 0 Å². The number of aliphatic carboxylic acids is 1. The summed E-state index contributed by atoms with van der Waals surface area (Å²) in [6, 6.07) is 0. The number of hydrogen-bond acceptors (Lipinski definition) is 3. The summed E-state index contributed by atoms with van der Waals surface area (Å²) in [7, 11) is -0.482. The molecule has 2 atom stereocenters. The van der Waals surface area contributed by atoms with Crippen LogP contribution in [-0.4, -0.2) is 24.3 Å². The van der Waals surface area contributed by atoms with Crippen LogP contribution in [0.25, 0.3) is 0 Å². The maximum atomic E-state index is 10.6. The summed E-state index contributed by atoms with van der Waals surface area (Å²) >= 11 is 0. The minimum Gasteiger partial charge on any atom is -0.481 e. The lowest BCUT2D eigenvalue weighted by molar-refractivity contribution is -0.140. The first-order chi connectivity index (χ1) is 4.57. The Hall–Kier alpha value is -0.470. The average molecular weight is 165 g/mol. The highest BCUT2D eigenvalue weighted by Crippen LogP contribution is 2.23. The molecule has 2 unspecified atom stereocenters. The first-order valence-corrected chi connectivity index (χ1v) is 4.15. The van der Waals surface area contributed by atoms with E-state index in [9.17, 15) is 9.36 Å². The fourth-order valence-corrected chi connectivity index (χ4v) is 1.13. The van der Waals surface area contributed by atoms with Gasteiger partial charge in [0.25, 0.3) is 0 Å². The van der Waals surface area contributed by atoms with Crippen molar-refractivity contribution >= 4 is 14.0 Å². The topological polar surface area (TPSA) is 63.6 Å². The zero-order chi connectivity index (χ0) is 8.15. The Kier molecular flexibility index (Phi) is 4.16. The molecule has 0 aliphatic heterocycles. The minimum atomic E-state index is -1.78. The second kappa shape index (κ2) is 4.36. The molecule has 58 valence electrons. The van der Waals surface area contributed by atoms with Crippen molar-refractivity contribution in [3.63, 3.8) is 0 Å². The number of carbonyl (C=O) groups is 1. The van der Waals surface area contributed by atoms with Gasteiger partial charge in [-0.2, -0.15) is 0 Å². The summed E-state index contributed by atoms with van der Waals surface area (Å²) in [5.41, 5.74) is 0. The van der Waals surface area contributed by atoms with Crippen LogP contribution in [0.15, 0.2) is 0 Å². The molecule has 0 aromatic rings. The fourth-order valence-electron chi connectivity index (χ4n) is 0.376.